The maximum absolute atomic E-state index is 4.50. The van der Waals surface area contributed by atoms with Crippen molar-refractivity contribution in [2.75, 3.05) is 6.54 Å². The lowest BCUT2D eigenvalue weighted by molar-refractivity contribution is 0.606. The van der Waals surface area contributed by atoms with Crippen LogP contribution in [-0.4, -0.2) is 11.5 Å². The van der Waals surface area contributed by atoms with Gasteiger partial charge in [-0.15, -0.1) is 11.3 Å². The number of nitrogens with one attached hydrogen (secondary N) is 1. The Morgan fingerprint density at radius 2 is 2.00 bits per heavy atom. The second-order valence-electron chi connectivity index (χ2n) is 4.21. The lowest BCUT2D eigenvalue weighted by atomic mass is 10.2. The molecule has 1 heterocycles. The summed E-state index contributed by atoms with van der Waals surface area (Å²) >= 11 is 1.77. The predicted octanol–water partition coefficient (Wildman–Crippen LogP) is 3.79. The van der Waals surface area contributed by atoms with Crippen LogP contribution in [0.25, 0.3) is 10.6 Å². The third kappa shape index (κ3) is 2.93. The van der Waals surface area contributed by atoms with Crippen LogP contribution < -0.4 is 5.32 Å². The Labute approximate surface area is 107 Å². The number of nitrogens with zero attached hydrogens (tertiary/aromatic N) is 1. The van der Waals surface area contributed by atoms with Crippen LogP contribution in [0.4, 0.5) is 0 Å². The van der Waals surface area contributed by atoms with Gasteiger partial charge in [-0.1, -0.05) is 36.8 Å². The van der Waals surface area contributed by atoms with Crippen molar-refractivity contribution in [1.29, 1.82) is 0 Å². The van der Waals surface area contributed by atoms with Crippen LogP contribution in [0.2, 0.25) is 0 Å². The van der Waals surface area contributed by atoms with Crippen molar-refractivity contribution >= 4 is 11.3 Å². The minimum Gasteiger partial charge on any atom is -0.310 e. The molecule has 0 amide bonds. The zero-order valence-electron chi connectivity index (χ0n) is 10.5. The highest BCUT2D eigenvalue weighted by molar-refractivity contribution is 7.15. The highest BCUT2D eigenvalue weighted by atomic mass is 32.1. The van der Waals surface area contributed by atoms with Gasteiger partial charge in [-0.05, 0) is 20.4 Å². The van der Waals surface area contributed by atoms with E-state index in [2.05, 4.69) is 55.3 Å². The van der Waals surface area contributed by atoms with E-state index in [1.54, 1.807) is 11.3 Å². The monoisotopic (exact) mass is 246 g/mol. The Kier molecular flexibility index (Phi) is 3.92. The van der Waals surface area contributed by atoms with Crippen LogP contribution in [0.3, 0.4) is 0 Å². The second-order valence-corrected chi connectivity index (χ2v) is 5.28. The second kappa shape index (κ2) is 5.43. The maximum Gasteiger partial charge on any atom is 0.123 e. The summed E-state index contributed by atoms with van der Waals surface area (Å²) in [6, 6.07) is 8.91. The molecule has 0 bridgehead atoms. The molecule has 3 heteroatoms. The molecule has 0 aliphatic carbocycles. The minimum atomic E-state index is 0.386. The highest BCUT2D eigenvalue weighted by Gasteiger charge is 2.09. The van der Waals surface area contributed by atoms with Gasteiger partial charge in [-0.3, -0.25) is 0 Å². The molecule has 1 aromatic heterocycles. The van der Waals surface area contributed by atoms with Crippen molar-refractivity contribution in [3.8, 4) is 10.6 Å². The summed E-state index contributed by atoms with van der Waals surface area (Å²) in [6.07, 6.45) is 1.98. The van der Waals surface area contributed by atoms with Gasteiger partial charge in [0, 0.05) is 22.7 Å². The summed E-state index contributed by atoms with van der Waals surface area (Å²) in [7, 11) is 0. The lowest BCUT2D eigenvalue weighted by Gasteiger charge is -2.08. The van der Waals surface area contributed by atoms with E-state index in [-0.39, 0.29) is 0 Å². The molecule has 2 nitrogen and oxygen atoms in total. The Balaban J connectivity index is 2.20. The van der Waals surface area contributed by atoms with E-state index in [9.17, 15) is 0 Å². The molecule has 90 valence electrons. The normalized spacial score (nSPS) is 12.6. The third-order valence-electron chi connectivity index (χ3n) is 2.76. The molecule has 2 aromatic rings. The summed E-state index contributed by atoms with van der Waals surface area (Å²) in [6.45, 7) is 7.39. The van der Waals surface area contributed by atoms with Gasteiger partial charge in [0.25, 0.3) is 0 Å². The number of aryl methyl sites for hydroxylation is 1. The molecule has 1 N–H and O–H groups in total. The summed E-state index contributed by atoms with van der Waals surface area (Å²) in [5.41, 5.74) is 2.49. The van der Waals surface area contributed by atoms with E-state index in [4.69, 9.17) is 0 Å². The number of benzene rings is 1. The van der Waals surface area contributed by atoms with Gasteiger partial charge in [0.15, 0.2) is 0 Å². The van der Waals surface area contributed by atoms with Gasteiger partial charge in [0.05, 0.1) is 0 Å². The van der Waals surface area contributed by atoms with E-state index in [1.807, 2.05) is 6.20 Å². The van der Waals surface area contributed by atoms with Crippen LogP contribution in [0.15, 0.2) is 30.5 Å². The molecule has 0 fully saturated rings. The van der Waals surface area contributed by atoms with Crippen LogP contribution in [0.5, 0.6) is 0 Å². The number of hydrogen-bond acceptors (Lipinski definition) is 3. The quantitative estimate of drug-likeness (QED) is 0.888. The summed E-state index contributed by atoms with van der Waals surface area (Å²) < 4.78 is 0. The molecule has 0 aliphatic heterocycles. The van der Waals surface area contributed by atoms with E-state index < -0.39 is 0 Å². The Morgan fingerprint density at radius 1 is 1.29 bits per heavy atom. The number of aromatic nitrogens is 1. The summed E-state index contributed by atoms with van der Waals surface area (Å²) in [4.78, 5) is 5.79. The Morgan fingerprint density at radius 3 is 2.65 bits per heavy atom. The van der Waals surface area contributed by atoms with E-state index in [1.165, 1.54) is 16.0 Å². The van der Waals surface area contributed by atoms with Crippen molar-refractivity contribution in [1.82, 2.24) is 10.3 Å². The van der Waals surface area contributed by atoms with E-state index in [0.717, 1.165) is 11.6 Å². The molecule has 17 heavy (non-hydrogen) atoms. The fraction of sp³-hybridized carbons (Fsp3) is 0.357. The van der Waals surface area contributed by atoms with E-state index in [0.29, 0.717) is 6.04 Å². The first-order valence-corrected chi connectivity index (χ1v) is 6.78. The zero-order chi connectivity index (χ0) is 12.3. The number of hydrogen-bond donors (Lipinski definition) is 1. The van der Waals surface area contributed by atoms with Gasteiger partial charge in [-0.2, -0.15) is 0 Å². The molecular formula is C14H18N2S. The summed E-state index contributed by atoms with van der Waals surface area (Å²) in [5, 5.41) is 4.51. The van der Waals surface area contributed by atoms with Crippen molar-refractivity contribution in [3.63, 3.8) is 0 Å². The van der Waals surface area contributed by atoms with Crippen LogP contribution >= 0.6 is 11.3 Å². The van der Waals surface area contributed by atoms with Gasteiger partial charge in [-0.25, -0.2) is 4.98 Å². The Hall–Kier alpha value is -1.19. The first kappa shape index (κ1) is 12.3. The molecule has 0 radical (unpaired) electrons. The zero-order valence-corrected chi connectivity index (χ0v) is 11.3. The molecule has 0 aliphatic rings. The molecule has 0 saturated heterocycles. The van der Waals surface area contributed by atoms with Gasteiger partial charge in [0.2, 0.25) is 0 Å². The fourth-order valence-corrected chi connectivity index (χ4v) is 2.67. The van der Waals surface area contributed by atoms with Gasteiger partial charge in [0.1, 0.15) is 5.01 Å². The van der Waals surface area contributed by atoms with Crippen LogP contribution in [-0.2, 0) is 0 Å². The van der Waals surface area contributed by atoms with Crippen molar-refractivity contribution < 1.29 is 0 Å². The SMILES string of the molecule is CCNC(C)c1cnc(-c2ccc(C)cc2)s1. The van der Waals surface area contributed by atoms with Gasteiger partial charge < -0.3 is 5.32 Å². The minimum absolute atomic E-state index is 0.386. The fourth-order valence-electron chi connectivity index (χ4n) is 1.72. The molecule has 0 spiro atoms. The first-order chi connectivity index (χ1) is 8.20. The topological polar surface area (TPSA) is 24.9 Å². The highest BCUT2D eigenvalue weighted by Crippen LogP contribution is 2.28. The third-order valence-corrected chi connectivity index (χ3v) is 3.99. The smallest absolute Gasteiger partial charge is 0.123 e. The van der Waals surface area contributed by atoms with Crippen molar-refractivity contribution in [3.05, 3.63) is 40.9 Å². The first-order valence-electron chi connectivity index (χ1n) is 5.97. The molecule has 1 unspecified atom stereocenters. The standard InChI is InChI=1S/C14H18N2S/c1-4-15-11(3)13-9-16-14(17-13)12-7-5-10(2)6-8-12/h5-9,11,15H,4H2,1-3H3. The predicted molar refractivity (Wildman–Crippen MR) is 74.4 cm³/mol. The molecule has 1 aromatic carbocycles. The molecule has 1 atom stereocenters. The number of thiazole rings is 1. The Bertz CT molecular complexity index is 473. The van der Waals surface area contributed by atoms with E-state index >= 15 is 0 Å². The largest absolute Gasteiger partial charge is 0.310 e. The molecule has 2 rings (SSSR count). The average Bonchev–Trinajstić information content (AvgIpc) is 2.80. The average molecular weight is 246 g/mol. The maximum atomic E-state index is 4.50. The van der Waals surface area contributed by atoms with Crippen LogP contribution in [0.1, 0.15) is 30.3 Å². The van der Waals surface area contributed by atoms with Crippen molar-refractivity contribution in [2.45, 2.75) is 26.8 Å². The number of rotatable bonds is 4. The van der Waals surface area contributed by atoms with Crippen LogP contribution in [0, 0.1) is 6.92 Å². The summed E-state index contributed by atoms with van der Waals surface area (Å²) in [5.74, 6) is 0. The molecular weight excluding hydrogens is 228 g/mol. The van der Waals surface area contributed by atoms with Crippen molar-refractivity contribution in [2.24, 2.45) is 0 Å². The molecule has 0 saturated carbocycles. The van der Waals surface area contributed by atoms with Gasteiger partial charge >= 0.3 is 0 Å². The lowest BCUT2D eigenvalue weighted by Crippen LogP contribution is -2.16.